The highest BCUT2D eigenvalue weighted by molar-refractivity contribution is 7.12. The largest absolute Gasteiger partial charge is 0.449 e. The van der Waals surface area contributed by atoms with Gasteiger partial charge in [0, 0.05) is 15.8 Å². The van der Waals surface area contributed by atoms with Gasteiger partial charge in [0.2, 0.25) is 0 Å². The lowest BCUT2D eigenvalue weighted by Crippen LogP contribution is -2.46. The smallest absolute Gasteiger partial charge is 0.340 e. The first kappa shape index (κ1) is 19.8. The maximum Gasteiger partial charge on any atom is 0.340 e. The van der Waals surface area contributed by atoms with E-state index < -0.39 is 12.1 Å². The van der Waals surface area contributed by atoms with Crippen molar-refractivity contribution < 1.29 is 14.3 Å². The van der Waals surface area contributed by atoms with Crippen LogP contribution in [0.3, 0.4) is 0 Å². The molecule has 2 aromatic rings. The van der Waals surface area contributed by atoms with E-state index in [1.54, 1.807) is 18.3 Å². The first-order valence-corrected chi connectivity index (χ1v) is 11.1. The van der Waals surface area contributed by atoms with Gasteiger partial charge in [-0.15, -0.1) is 22.7 Å². The minimum absolute atomic E-state index is 0.172. The van der Waals surface area contributed by atoms with Gasteiger partial charge in [-0.1, -0.05) is 31.9 Å². The molecule has 0 saturated heterocycles. The fourth-order valence-corrected chi connectivity index (χ4v) is 4.67. The van der Waals surface area contributed by atoms with Crippen LogP contribution in [0.5, 0.6) is 0 Å². The van der Waals surface area contributed by atoms with Crippen LogP contribution in [0.1, 0.15) is 49.3 Å². The lowest BCUT2D eigenvalue weighted by molar-refractivity contribution is -0.149. The molecule has 2 heterocycles. The van der Waals surface area contributed by atoms with Crippen molar-refractivity contribution in [1.82, 2.24) is 5.32 Å². The van der Waals surface area contributed by atoms with Gasteiger partial charge in [0.15, 0.2) is 6.10 Å². The molecule has 3 atom stereocenters. The summed E-state index contributed by atoms with van der Waals surface area (Å²) in [5.74, 6) is -0.222. The van der Waals surface area contributed by atoms with Crippen molar-refractivity contribution in [2.75, 3.05) is 0 Å². The molecule has 27 heavy (non-hydrogen) atoms. The van der Waals surface area contributed by atoms with Crippen LogP contribution >= 0.6 is 22.7 Å². The minimum atomic E-state index is -0.821. The Labute approximate surface area is 168 Å². The van der Waals surface area contributed by atoms with Crippen LogP contribution in [0, 0.1) is 5.92 Å². The molecular formula is C21H25NO3S2. The van der Waals surface area contributed by atoms with Crippen LogP contribution in [-0.2, 0) is 14.3 Å². The lowest BCUT2D eigenvalue weighted by atomic mass is 9.86. The molecule has 144 valence electrons. The Morgan fingerprint density at radius 2 is 1.93 bits per heavy atom. The molecule has 1 N–H and O–H groups in total. The fraction of sp³-hybridized carbons (Fsp3) is 0.429. The van der Waals surface area contributed by atoms with Gasteiger partial charge in [0.25, 0.3) is 5.91 Å². The van der Waals surface area contributed by atoms with Crippen molar-refractivity contribution >= 4 is 46.2 Å². The molecule has 0 bridgehead atoms. The number of nitrogens with one attached hydrogen (secondary N) is 1. The maximum absolute atomic E-state index is 12.8. The number of ether oxygens (including phenoxy) is 1. The zero-order chi connectivity index (χ0) is 19.2. The summed E-state index contributed by atoms with van der Waals surface area (Å²) in [6.45, 7) is 3.80. The van der Waals surface area contributed by atoms with Gasteiger partial charge >= 0.3 is 5.97 Å². The molecule has 1 aliphatic rings. The van der Waals surface area contributed by atoms with E-state index in [1.807, 2.05) is 41.1 Å². The second-order valence-electron chi connectivity index (χ2n) is 6.98. The molecule has 2 aromatic heterocycles. The Morgan fingerprint density at radius 1 is 1.19 bits per heavy atom. The third-order valence-electron chi connectivity index (χ3n) is 4.93. The summed E-state index contributed by atoms with van der Waals surface area (Å²) in [6, 6.07) is 7.85. The molecule has 1 saturated carbocycles. The van der Waals surface area contributed by atoms with E-state index in [-0.39, 0.29) is 11.9 Å². The van der Waals surface area contributed by atoms with Gasteiger partial charge < -0.3 is 10.1 Å². The zero-order valence-corrected chi connectivity index (χ0v) is 17.3. The van der Waals surface area contributed by atoms with Gasteiger partial charge in [-0.25, -0.2) is 4.79 Å². The molecule has 4 nitrogen and oxygen atoms in total. The predicted molar refractivity (Wildman–Crippen MR) is 112 cm³/mol. The number of amides is 1. The number of hydrogen-bond donors (Lipinski definition) is 1. The summed E-state index contributed by atoms with van der Waals surface area (Å²) in [5.41, 5.74) is 0.484. The number of hydrogen-bond acceptors (Lipinski definition) is 5. The molecule has 0 unspecified atom stereocenters. The van der Waals surface area contributed by atoms with Crippen molar-refractivity contribution in [3.8, 4) is 0 Å². The first-order valence-electron chi connectivity index (χ1n) is 9.35. The van der Waals surface area contributed by atoms with Crippen LogP contribution < -0.4 is 5.32 Å². The Kier molecular flexibility index (Phi) is 6.85. The second-order valence-corrected chi connectivity index (χ2v) is 8.90. The van der Waals surface area contributed by atoms with Gasteiger partial charge in [-0.05, 0) is 54.7 Å². The molecule has 1 amide bonds. The Morgan fingerprint density at radius 3 is 2.59 bits per heavy atom. The topological polar surface area (TPSA) is 55.4 Å². The third kappa shape index (κ3) is 5.30. The third-order valence-corrected chi connectivity index (χ3v) is 6.65. The van der Waals surface area contributed by atoms with Gasteiger partial charge in [0.1, 0.15) is 0 Å². The maximum atomic E-state index is 12.8. The molecule has 1 aliphatic carbocycles. The monoisotopic (exact) mass is 403 g/mol. The van der Waals surface area contributed by atoms with Crippen LogP contribution in [0.25, 0.3) is 11.6 Å². The van der Waals surface area contributed by atoms with Crippen LogP contribution in [0.15, 0.2) is 35.0 Å². The number of rotatable bonds is 6. The predicted octanol–water partition coefficient (Wildman–Crippen LogP) is 4.98. The molecule has 0 aliphatic heterocycles. The number of carbonyl (C=O) groups is 2. The molecule has 0 aromatic carbocycles. The highest BCUT2D eigenvalue weighted by Gasteiger charge is 2.27. The Bertz CT molecular complexity index is 780. The summed E-state index contributed by atoms with van der Waals surface area (Å²) in [6.07, 6.45) is 5.48. The summed E-state index contributed by atoms with van der Waals surface area (Å²) >= 11 is 3.04. The molecule has 6 heteroatoms. The minimum Gasteiger partial charge on any atom is -0.449 e. The molecular weight excluding hydrogens is 378 g/mol. The van der Waals surface area contributed by atoms with E-state index in [9.17, 15) is 9.59 Å². The molecule has 3 rings (SSSR count). The lowest BCUT2D eigenvalue weighted by Gasteiger charge is -2.30. The summed E-state index contributed by atoms with van der Waals surface area (Å²) in [5, 5.41) is 6.95. The van der Waals surface area contributed by atoms with E-state index in [4.69, 9.17) is 4.74 Å². The van der Waals surface area contributed by atoms with Crippen LogP contribution in [0.2, 0.25) is 0 Å². The highest BCUT2D eigenvalue weighted by atomic mass is 32.1. The molecule has 0 radical (unpaired) electrons. The summed E-state index contributed by atoms with van der Waals surface area (Å²) in [7, 11) is 0. The van der Waals surface area contributed by atoms with Gasteiger partial charge in [-0.2, -0.15) is 0 Å². The number of esters is 1. The average Bonchev–Trinajstić information content (AvgIpc) is 3.35. The van der Waals surface area contributed by atoms with E-state index in [0.29, 0.717) is 11.5 Å². The fourth-order valence-electron chi connectivity index (χ4n) is 3.29. The first-order chi connectivity index (χ1) is 13.0. The second kappa shape index (κ2) is 9.33. The van der Waals surface area contributed by atoms with E-state index in [2.05, 4.69) is 12.2 Å². The van der Waals surface area contributed by atoms with Crippen molar-refractivity contribution in [2.45, 2.75) is 51.7 Å². The molecule has 0 spiro atoms. The number of thiophene rings is 2. The highest BCUT2D eigenvalue weighted by Crippen LogP contribution is 2.27. The van der Waals surface area contributed by atoms with E-state index in [0.717, 1.165) is 29.0 Å². The van der Waals surface area contributed by atoms with Crippen LogP contribution in [-0.4, -0.2) is 24.0 Å². The van der Waals surface area contributed by atoms with Crippen LogP contribution in [0.4, 0.5) is 0 Å². The van der Waals surface area contributed by atoms with E-state index in [1.165, 1.54) is 17.8 Å². The molecule has 1 fully saturated rings. The normalized spacial score (nSPS) is 21.5. The quantitative estimate of drug-likeness (QED) is 0.547. The van der Waals surface area contributed by atoms with Crippen molar-refractivity contribution in [3.63, 3.8) is 0 Å². The summed E-state index contributed by atoms with van der Waals surface area (Å²) < 4.78 is 5.52. The van der Waals surface area contributed by atoms with Gasteiger partial charge in [0.05, 0.1) is 5.57 Å². The Balaban J connectivity index is 1.67. The Hall–Kier alpha value is -1.92. The standard InChI is InChI=1S/C21H25NO3S2/c1-14-7-3-4-9-18(14)22-20(23)15(2)25-21(24)17(19-10-6-12-27-19)13-16-8-5-11-26-16/h5-6,8,10-15,18H,3-4,7,9H2,1-2H3,(H,22,23)/b17-13+/t14-,15+,18-/m0/s1. The van der Waals surface area contributed by atoms with E-state index >= 15 is 0 Å². The van der Waals surface area contributed by atoms with Crippen molar-refractivity contribution in [2.24, 2.45) is 5.92 Å². The zero-order valence-electron chi connectivity index (χ0n) is 15.6. The summed E-state index contributed by atoms with van der Waals surface area (Å²) in [4.78, 5) is 27.1. The van der Waals surface area contributed by atoms with Crippen molar-refractivity contribution in [1.29, 1.82) is 0 Å². The van der Waals surface area contributed by atoms with Gasteiger partial charge in [-0.3, -0.25) is 4.79 Å². The number of carbonyl (C=O) groups excluding carboxylic acids is 2. The van der Waals surface area contributed by atoms with Crippen molar-refractivity contribution in [3.05, 3.63) is 44.8 Å². The SMILES string of the molecule is C[C@@H](OC(=O)/C(=C/c1cccs1)c1cccs1)C(=O)N[C@H]1CCCC[C@@H]1C. The average molecular weight is 404 g/mol.